The summed E-state index contributed by atoms with van der Waals surface area (Å²) in [6, 6.07) is -0.868. The van der Waals surface area contributed by atoms with E-state index >= 15 is 0 Å². The van der Waals surface area contributed by atoms with Crippen LogP contribution in [-0.2, 0) is 9.53 Å². The summed E-state index contributed by atoms with van der Waals surface area (Å²) in [5.74, 6) is -0.943. The van der Waals surface area contributed by atoms with Crippen molar-refractivity contribution in [3.63, 3.8) is 0 Å². The predicted molar refractivity (Wildman–Crippen MR) is 86.5 cm³/mol. The molecule has 0 spiro atoms. The lowest BCUT2D eigenvalue weighted by molar-refractivity contribution is -0.146. The van der Waals surface area contributed by atoms with Crippen LogP contribution in [0.5, 0.6) is 0 Å². The van der Waals surface area contributed by atoms with Gasteiger partial charge in [-0.25, -0.2) is 9.78 Å². The van der Waals surface area contributed by atoms with Crippen molar-refractivity contribution in [3.8, 4) is 0 Å². The largest absolute Gasteiger partial charge is 0.480 e. The summed E-state index contributed by atoms with van der Waals surface area (Å²) < 4.78 is 5.34. The molecule has 7 nitrogen and oxygen atoms in total. The lowest BCUT2D eigenvalue weighted by Gasteiger charge is -2.41. The summed E-state index contributed by atoms with van der Waals surface area (Å²) in [4.78, 5) is 31.4. The van der Waals surface area contributed by atoms with Gasteiger partial charge in [0.1, 0.15) is 16.7 Å². The molecule has 1 fully saturated rings. The second-order valence-electron chi connectivity index (χ2n) is 6.56. The molecule has 0 aromatic carbocycles. The van der Waals surface area contributed by atoms with Gasteiger partial charge in [-0.2, -0.15) is 0 Å². The van der Waals surface area contributed by atoms with Crippen LogP contribution in [0.25, 0.3) is 0 Å². The molecular weight excluding hydrogens is 318 g/mol. The molecule has 1 aliphatic heterocycles. The van der Waals surface area contributed by atoms with E-state index in [2.05, 4.69) is 4.98 Å². The number of carbonyl (C=O) groups excluding carboxylic acids is 1. The number of amides is 1. The predicted octanol–water partition coefficient (Wildman–Crippen LogP) is 2.21. The summed E-state index contributed by atoms with van der Waals surface area (Å²) in [6.45, 7) is 8.34. The van der Waals surface area contributed by atoms with E-state index in [1.54, 1.807) is 27.0 Å². The first kappa shape index (κ1) is 17.7. The number of aliphatic carboxylic acids is 1. The maximum atomic E-state index is 12.2. The minimum Gasteiger partial charge on any atom is -0.480 e. The van der Waals surface area contributed by atoms with Crippen molar-refractivity contribution in [3.05, 3.63) is 16.6 Å². The number of hydrogen-bond acceptors (Lipinski definition) is 6. The molecule has 0 unspecified atom stereocenters. The van der Waals surface area contributed by atoms with Crippen molar-refractivity contribution < 1.29 is 19.4 Å². The molecule has 0 radical (unpaired) electrons. The molecule has 1 aliphatic rings. The van der Waals surface area contributed by atoms with Crippen LogP contribution in [0, 0.1) is 0 Å². The van der Waals surface area contributed by atoms with Crippen LogP contribution in [0.15, 0.2) is 11.6 Å². The molecule has 8 heteroatoms. The van der Waals surface area contributed by atoms with Crippen molar-refractivity contribution in [1.29, 1.82) is 0 Å². The topological polar surface area (TPSA) is 83.0 Å². The van der Waals surface area contributed by atoms with Crippen molar-refractivity contribution in [2.45, 2.75) is 45.4 Å². The number of rotatable bonds is 3. The van der Waals surface area contributed by atoms with Crippen LogP contribution in [0.3, 0.4) is 0 Å². The van der Waals surface area contributed by atoms with Gasteiger partial charge >= 0.3 is 12.1 Å². The monoisotopic (exact) mass is 341 g/mol. The first-order chi connectivity index (χ1) is 10.7. The van der Waals surface area contributed by atoms with Gasteiger partial charge in [0.2, 0.25) is 0 Å². The minimum absolute atomic E-state index is 0.100. The first-order valence-electron chi connectivity index (χ1n) is 7.55. The zero-order valence-electron chi connectivity index (χ0n) is 13.9. The Balaban J connectivity index is 2.09. The van der Waals surface area contributed by atoms with Gasteiger partial charge in [0.25, 0.3) is 0 Å². The molecule has 23 heavy (non-hydrogen) atoms. The summed E-state index contributed by atoms with van der Waals surface area (Å²) in [7, 11) is 0. The van der Waals surface area contributed by atoms with Gasteiger partial charge in [-0.3, -0.25) is 9.69 Å². The van der Waals surface area contributed by atoms with Crippen molar-refractivity contribution >= 4 is 23.4 Å². The van der Waals surface area contributed by atoms with Crippen molar-refractivity contribution in [2.75, 3.05) is 19.6 Å². The van der Waals surface area contributed by atoms with E-state index in [-0.39, 0.29) is 12.6 Å². The smallest absolute Gasteiger partial charge is 0.410 e. The Morgan fingerprint density at radius 3 is 2.65 bits per heavy atom. The van der Waals surface area contributed by atoms with Gasteiger partial charge in [-0.05, 0) is 27.7 Å². The van der Waals surface area contributed by atoms with E-state index in [9.17, 15) is 14.7 Å². The Labute approximate surface area is 139 Å². The van der Waals surface area contributed by atoms with Crippen LogP contribution >= 0.6 is 11.3 Å². The third kappa shape index (κ3) is 4.42. The average molecular weight is 341 g/mol. The molecule has 0 saturated carbocycles. The number of aromatic nitrogens is 1. The Morgan fingerprint density at radius 2 is 2.13 bits per heavy atom. The highest BCUT2D eigenvalue weighted by Crippen LogP contribution is 2.27. The highest BCUT2D eigenvalue weighted by atomic mass is 32.1. The fourth-order valence-corrected chi connectivity index (χ4v) is 3.27. The SMILES string of the molecule is C[C@@H](c1nccs1)N1CCN(C(=O)OC(C)(C)C)C[C@@H]1C(=O)O. The summed E-state index contributed by atoms with van der Waals surface area (Å²) in [5.41, 5.74) is -0.596. The Bertz CT molecular complexity index is 556. The van der Waals surface area contributed by atoms with Crippen molar-refractivity contribution in [1.82, 2.24) is 14.8 Å². The van der Waals surface area contributed by atoms with Crippen LogP contribution in [-0.4, -0.2) is 63.2 Å². The fourth-order valence-electron chi connectivity index (χ4n) is 2.56. The third-order valence-electron chi connectivity index (χ3n) is 3.66. The highest BCUT2D eigenvalue weighted by Gasteiger charge is 2.38. The lowest BCUT2D eigenvalue weighted by atomic mass is 10.1. The highest BCUT2D eigenvalue weighted by molar-refractivity contribution is 7.09. The lowest BCUT2D eigenvalue weighted by Crippen LogP contribution is -2.58. The Hall–Kier alpha value is -1.67. The maximum Gasteiger partial charge on any atom is 0.410 e. The molecule has 0 bridgehead atoms. The number of piperazine rings is 1. The molecule has 1 N–H and O–H groups in total. The van der Waals surface area contributed by atoms with Gasteiger partial charge < -0.3 is 14.7 Å². The van der Waals surface area contributed by atoms with Crippen LogP contribution in [0.2, 0.25) is 0 Å². The second kappa shape index (κ2) is 6.84. The quantitative estimate of drug-likeness (QED) is 0.907. The van der Waals surface area contributed by atoms with Crippen LogP contribution in [0.1, 0.15) is 38.7 Å². The van der Waals surface area contributed by atoms with Gasteiger partial charge in [0.15, 0.2) is 0 Å². The molecule has 1 saturated heterocycles. The van der Waals surface area contributed by atoms with Gasteiger partial charge in [0, 0.05) is 24.7 Å². The Kier molecular flexibility index (Phi) is 5.26. The first-order valence-corrected chi connectivity index (χ1v) is 8.43. The van der Waals surface area contributed by atoms with Crippen molar-refractivity contribution in [2.24, 2.45) is 0 Å². The van der Waals surface area contributed by atoms with Gasteiger partial charge in [0.05, 0.1) is 12.6 Å². The third-order valence-corrected chi connectivity index (χ3v) is 4.61. The molecule has 1 aromatic heterocycles. The number of carboxylic acid groups (broad SMARTS) is 1. The number of hydrogen-bond donors (Lipinski definition) is 1. The standard InChI is InChI=1S/C15H23N3O4S/c1-10(12-16-5-8-23-12)18-7-6-17(9-11(18)13(19)20)14(21)22-15(2,3)4/h5,8,10-11H,6-7,9H2,1-4H3,(H,19,20)/t10-,11+/m0/s1. The van der Waals surface area contributed by atoms with Gasteiger partial charge in [-0.1, -0.05) is 0 Å². The number of carboxylic acids is 1. The minimum atomic E-state index is -0.943. The molecule has 1 aromatic rings. The fraction of sp³-hybridized carbons (Fsp3) is 0.667. The number of carbonyl (C=O) groups is 2. The number of nitrogens with zero attached hydrogens (tertiary/aromatic N) is 3. The van der Waals surface area contributed by atoms with Gasteiger partial charge in [-0.15, -0.1) is 11.3 Å². The van der Waals surface area contributed by atoms with Crippen LogP contribution in [0.4, 0.5) is 4.79 Å². The van der Waals surface area contributed by atoms with E-state index in [0.717, 1.165) is 5.01 Å². The summed E-state index contributed by atoms with van der Waals surface area (Å²) in [5, 5.41) is 12.3. The van der Waals surface area contributed by atoms with E-state index in [4.69, 9.17) is 4.74 Å². The number of ether oxygens (including phenoxy) is 1. The molecule has 2 atom stereocenters. The molecular formula is C15H23N3O4S. The average Bonchev–Trinajstić information content (AvgIpc) is 2.98. The zero-order chi connectivity index (χ0) is 17.2. The molecule has 0 aliphatic carbocycles. The maximum absolute atomic E-state index is 12.2. The molecule has 2 rings (SSSR count). The number of thiazole rings is 1. The summed E-state index contributed by atoms with van der Waals surface area (Å²) >= 11 is 1.50. The summed E-state index contributed by atoms with van der Waals surface area (Å²) in [6.07, 6.45) is 1.24. The van der Waals surface area contributed by atoms with E-state index in [1.807, 2.05) is 17.2 Å². The normalized spacial score (nSPS) is 21.0. The zero-order valence-corrected chi connectivity index (χ0v) is 14.7. The second-order valence-corrected chi connectivity index (χ2v) is 7.49. The molecule has 2 heterocycles. The van der Waals surface area contributed by atoms with E-state index in [0.29, 0.717) is 13.1 Å². The Morgan fingerprint density at radius 1 is 1.43 bits per heavy atom. The van der Waals surface area contributed by atoms with Crippen LogP contribution < -0.4 is 0 Å². The van der Waals surface area contributed by atoms with E-state index in [1.165, 1.54) is 16.2 Å². The molecule has 128 valence electrons. The van der Waals surface area contributed by atoms with E-state index < -0.39 is 23.7 Å². The molecule has 1 amide bonds.